The predicted octanol–water partition coefficient (Wildman–Crippen LogP) is 5.28. The quantitative estimate of drug-likeness (QED) is 0.468. The number of imide groups is 2. The molecule has 4 amide bonds. The van der Waals surface area contributed by atoms with E-state index in [0.29, 0.717) is 30.8 Å². The van der Waals surface area contributed by atoms with Crippen LogP contribution in [-0.4, -0.2) is 30.4 Å². The van der Waals surface area contributed by atoms with Crippen molar-refractivity contribution in [2.45, 2.75) is 37.4 Å². The summed E-state index contributed by atoms with van der Waals surface area (Å²) in [4.78, 5) is 43.8. The first-order valence-corrected chi connectivity index (χ1v) is 12.5. The monoisotopic (exact) mass is 519 g/mol. The van der Waals surface area contributed by atoms with Crippen molar-refractivity contribution in [1.82, 2.24) is 5.32 Å². The van der Waals surface area contributed by atoms with E-state index in [1.54, 1.807) is 30.3 Å². The number of hydrogen-bond acceptors (Lipinski definition) is 4. The van der Waals surface area contributed by atoms with Gasteiger partial charge < -0.3 is 4.90 Å². The normalized spacial score (nSPS) is 25.2. The van der Waals surface area contributed by atoms with Gasteiger partial charge in [-0.15, -0.1) is 0 Å². The van der Waals surface area contributed by atoms with Crippen LogP contribution in [0.1, 0.15) is 35.4 Å². The smallest absolute Gasteiger partial charge is 0.367 e. The van der Waals surface area contributed by atoms with Crippen LogP contribution >= 0.6 is 0 Å². The minimum atomic E-state index is -4.58. The molecule has 6 nitrogen and oxygen atoms in total. The van der Waals surface area contributed by atoms with Gasteiger partial charge in [-0.3, -0.25) is 14.9 Å². The first kappa shape index (κ1) is 24.2. The average molecular weight is 520 g/mol. The number of nitrogens with zero attached hydrogens (tertiary/aromatic N) is 2. The Morgan fingerprint density at radius 3 is 2.26 bits per heavy atom. The van der Waals surface area contributed by atoms with Gasteiger partial charge in [0.1, 0.15) is 0 Å². The number of carbonyl (C=O) groups excluding carboxylic acids is 3. The molecule has 0 bridgehead atoms. The second kappa shape index (κ2) is 8.72. The summed E-state index contributed by atoms with van der Waals surface area (Å²) in [6.45, 7) is 0.449. The molecule has 0 aromatic heterocycles. The molecule has 3 atom stereocenters. The first-order valence-electron chi connectivity index (χ1n) is 12.5. The number of urea groups is 1. The lowest BCUT2D eigenvalue weighted by atomic mass is 9.64. The number of nitrogens with one attached hydrogen (secondary N) is 1. The van der Waals surface area contributed by atoms with Crippen LogP contribution in [0.3, 0.4) is 0 Å². The van der Waals surface area contributed by atoms with E-state index in [1.807, 2.05) is 35.2 Å². The summed E-state index contributed by atoms with van der Waals surface area (Å²) in [6, 6.07) is 20.0. The lowest BCUT2D eigenvalue weighted by Crippen LogP contribution is -2.73. The number of alkyl halides is 3. The number of anilines is 2. The zero-order valence-electron chi connectivity index (χ0n) is 20.2. The molecule has 1 N–H and O–H groups in total. The van der Waals surface area contributed by atoms with Crippen LogP contribution in [0.25, 0.3) is 0 Å². The second-order valence-corrected chi connectivity index (χ2v) is 10.1. The molecule has 3 aromatic carbocycles. The lowest BCUT2D eigenvalue weighted by Gasteiger charge is -2.55. The summed E-state index contributed by atoms with van der Waals surface area (Å²) in [7, 11) is 0. The van der Waals surface area contributed by atoms with Crippen molar-refractivity contribution in [1.29, 1.82) is 0 Å². The minimum Gasteiger partial charge on any atom is -0.367 e. The van der Waals surface area contributed by atoms with Crippen LogP contribution in [0.2, 0.25) is 0 Å². The van der Waals surface area contributed by atoms with Gasteiger partial charge in [-0.25, -0.2) is 9.69 Å². The number of hydrogen-bond donors (Lipinski definition) is 1. The molecule has 2 saturated heterocycles. The maximum atomic E-state index is 14.3. The predicted molar refractivity (Wildman–Crippen MR) is 135 cm³/mol. The number of para-hydroxylation sites is 1. The molecule has 1 spiro atoms. The highest BCUT2D eigenvalue weighted by molar-refractivity contribution is 6.30. The highest BCUT2D eigenvalue weighted by atomic mass is 19.4. The maximum Gasteiger partial charge on any atom is 0.416 e. The van der Waals surface area contributed by atoms with Crippen molar-refractivity contribution in [3.05, 3.63) is 95.6 Å². The Hall–Kier alpha value is -4.14. The second-order valence-electron chi connectivity index (χ2n) is 10.1. The summed E-state index contributed by atoms with van der Waals surface area (Å²) in [5.74, 6) is -1.45. The molecule has 0 aliphatic carbocycles. The summed E-state index contributed by atoms with van der Waals surface area (Å²) >= 11 is 0. The molecule has 194 valence electrons. The van der Waals surface area contributed by atoms with Crippen molar-refractivity contribution in [3.8, 4) is 0 Å². The summed E-state index contributed by atoms with van der Waals surface area (Å²) in [5, 5.41) is 2.36. The Balaban J connectivity index is 1.51. The molecule has 3 aromatic rings. The number of rotatable bonds is 2. The largest absolute Gasteiger partial charge is 0.416 e. The van der Waals surface area contributed by atoms with E-state index in [0.717, 1.165) is 22.6 Å². The molecule has 0 saturated carbocycles. The fourth-order valence-electron chi connectivity index (χ4n) is 6.27. The summed E-state index contributed by atoms with van der Waals surface area (Å²) < 4.78 is 40.9. The Morgan fingerprint density at radius 1 is 0.895 bits per heavy atom. The molecule has 9 heteroatoms. The van der Waals surface area contributed by atoms with Gasteiger partial charge >= 0.3 is 12.2 Å². The van der Waals surface area contributed by atoms with E-state index in [9.17, 15) is 27.6 Å². The topological polar surface area (TPSA) is 69.7 Å². The molecular weight excluding hydrogens is 495 g/mol. The Labute approximate surface area is 217 Å². The summed E-state index contributed by atoms with van der Waals surface area (Å²) in [5.41, 5.74) is -0.416. The number of barbiturate groups is 1. The van der Waals surface area contributed by atoms with Crippen LogP contribution in [0.4, 0.5) is 29.3 Å². The van der Waals surface area contributed by atoms with Crippen molar-refractivity contribution >= 4 is 29.2 Å². The number of piperidine rings is 1. The first-order chi connectivity index (χ1) is 18.2. The molecule has 3 aliphatic rings. The van der Waals surface area contributed by atoms with Gasteiger partial charge in [0.05, 0.1) is 17.3 Å². The van der Waals surface area contributed by atoms with Crippen molar-refractivity contribution in [2.24, 2.45) is 5.41 Å². The third-order valence-electron chi connectivity index (χ3n) is 8.06. The van der Waals surface area contributed by atoms with Gasteiger partial charge in [-0.1, -0.05) is 48.5 Å². The fraction of sp³-hybridized carbons (Fsp3) is 0.276. The van der Waals surface area contributed by atoms with Gasteiger partial charge in [0.25, 0.3) is 5.91 Å². The van der Waals surface area contributed by atoms with Gasteiger partial charge in [-0.2, -0.15) is 13.2 Å². The number of amides is 4. The van der Waals surface area contributed by atoms with Crippen LogP contribution in [0, 0.1) is 5.41 Å². The van der Waals surface area contributed by atoms with E-state index in [2.05, 4.69) is 5.32 Å². The molecule has 38 heavy (non-hydrogen) atoms. The average Bonchev–Trinajstić information content (AvgIpc) is 2.92. The van der Waals surface area contributed by atoms with Crippen molar-refractivity contribution < 1.29 is 27.6 Å². The van der Waals surface area contributed by atoms with Crippen molar-refractivity contribution in [2.75, 3.05) is 16.3 Å². The van der Waals surface area contributed by atoms with E-state index < -0.39 is 41.0 Å². The number of carbonyl (C=O) groups is 3. The molecule has 0 radical (unpaired) electrons. The number of benzene rings is 3. The van der Waals surface area contributed by atoms with Gasteiger partial charge in [0, 0.05) is 12.2 Å². The molecule has 6 rings (SSSR count). The molecular formula is C29H24F3N3O3. The van der Waals surface area contributed by atoms with E-state index in [-0.39, 0.29) is 17.9 Å². The lowest BCUT2D eigenvalue weighted by molar-refractivity contribution is -0.145. The Kier molecular flexibility index (Phi) is 5.55. The zero-order chi connectivity index (χ0) is 26.7. The third-order valence-corrected chi connectivity index (χ3v) is 8.06. The maximum absolute atomic E-state index is 14.3. The standard InChI is InChI=1S/C29H24F3N3O3/c30-29(31,32)21-11-12-23-20(15-21)17-28(24-16-19(13-14-34(23)24)18-7-3-1-4-8-18)25(36)33-27(38)35(26(28)37)22-9-5-2-6-10-22/h1-12,15,19,24H,13-14,16-17H2,(H,33,36,38). The minimum absolute atomic E-state index is 0.0359. The fourth-order valence-corrected chi connectivity index (χ4v) is 6.27. The number of fused-ring (bicyclic) bond motifs is 4. The van der Waals surface area contributed by atoms with E-state index >= 15 is 0 Å². The van der Waals surface area contributed by atoms with Gasteiger partial charge in [-0.05, 0) is 66.6 Å². The van der Waals surface area contributed by atoms with Crippen molar-refractivity contribution in [3.63, 3.8) is 0 Å². The highest BCUT2D eigenvalue weighted by Gasteiger charge is 2.63. The van der Waals surface area contributed by atoms with E-state index in [1.165, 1.54) is 6.07 Å². The Morgan fingerprint density at radius 2 is 1.58 bits per heavy atom. The van der Waals surface area contributed by atoms with Crippen LogP contribution in [0.5, 0.6) is 0 Å². The third kappa shape index (κ3) is 3.68. The van der Waals surface area contributed by atoms with E-state index in [4.69, 9.17) is 0 Å². The SMILES string of the molecule is O=C1NC(=O)C2(Cc3cc(C(F)(F)F)ccc3N3CCC(c4ccccc4)CC32)C(=O)N1c1ccccc1. The Bertz CT molecular complexity index is 1430. The van der Waals surface area contributed by atoms with Gasteiger partial charge in [0.15, 0.2) is 5.41 Å². The molecule has 3 aliphatic heterocycles. The number of halogens is 3. The van der Waals surface area contributed by atoms with Crippen LogP contribution in [-0.2, 0) is 22.2 Å². The highest BCUT2D eigenvalue weighted by Crippen LogP contribution is 2.51. The zero-order valence-corrected chi connectivity index (χ0v) is 20.2. The van der Waals surface area contributed by atoms with Crippen LogP contribution < -0.4 is 15.1 Å². The molecule has 2 fully saturated rings. The summed E-state index contributed by atoms with van der Waals surface area (Å²) in [6.07, 6.45) is -3.69. The molecule has 3 heterocycles. The van der Waals surface area contributed by atoms with Crippen LogP contribution in [0.15, 0.2) is 78.9 Å². The van der Waals surface area contributed by atoms with Gasteiger partial charge in [0.2, 0.25) is 5.91 Å². The molecule has 3 unspecified atom stereocenters.